The lowest BCUT2D eigenvalue weighted by molar-refractivity contribution is -0.173. The van der Waals surface area contributed by atoms with Crippen molar-refractivity contribution in [2.75, 3.05) is 25.2 Å². The van der Waals surface area contributed by atoms with Crippen LogP contribution in [0.15, 0.2) is 16.1 Å². The SMILES string of the molecule is CC(=O)Nc1nc(=O)n(C2CC(OCN=[N+]=[N-])C(CO)O2)cc1C#CCNC(=O)C(F)(F)F. The molecule has 0 spiro atoms. The number of carbonyl (C=O) groups is 2. The monoisotopic (exact) mass is 473 g/mol. The molecule has 2 rings (SSSR count). The maximum absolute atomic E-state index is 12.5. The Morgan fingerprint density at radius 1 is 1.52 bits per heavy atom. The number of aliphatic hydroxyl groups excluding tert-OH is 1. The van der Waals surface area contributed by atoms with E-state index in [0.717, 1.165) is 17.7 Å². The fraction of sp³-hybridized carbons (Fsp3) is 0.529. The molecule has 0 aromatic carbocycles. The fourth-order valence-electron chi connectivity index (χ4n) is 2.76. The van der Waals surface area contributed by atoms with Crippen molar-refractivity contribution in [1.82, 2.24) is 14.9 Å². The molecule has 2 amide bonds. The number of nitrogens with one attached hydrogen (secondary N) is 2. The summed E-state index contributed by atoms with van der Waals surface area (Å²) in [5, 5.41) is 16.5. The minimum atomic E-state index is -5.07. The molecule has 0 radical (unpaired) electrons. The third-order valence-electron chi connectivity index (χ3n) is 4.14. The first-order chi connectivity index (χ1) is 15.6. The quantitative estimate of drug-likeness (QED) is 0.218. The highest BCUT2D eigenvalue weighted by atomic mass is 19.4. The van der Waals surface area contributed by atoms with E-state index < -0.39 is 55.3 Å². The molecule has 3 unspecified atom stereocenters. The smallest absolute Gasteiger partial charge is 0.394 e. The first-order valence-electron chi connectivity index (χ1n) is 9.20. The number of amides is 2. The number of ether oxygens (including phenoxy) is 2. The Hall–Kier alpha value is -3.64. The van der Waals surface area contributed by atoms with E-state index in [1.165, 1.54) is 0 Å². The summed E-state index contributed by atoms with van der Waals surface area (Å²) in [7, 11) is 0. The molecule has 3 N–H and O–H groups in total. The summed E-state index contributed by atoms with van der Waals surface area (Å²) in [4.78, 5) is 41.0. The predicted octanol–water partition coefficient (Wildman–Crippen LogP) is 0.164. The van der Waals surface area contributed by atoms with Crippen molar-refractivity contribution in [3.05, 3.63) is 32.7 Å². The molecule has 1 aliphatic heterocycles. The van der Waals surface area contributed by atoms with Gasteiger partial charge < -0.3 is 25.2 Å². The molecule has 178 valence electrons. The normalized spacial score (nSPS) is 19.7. The number of aliphatic hydroxyl groups is 1. The Bertz CT molecular complexity index is 1060. The third kappa shape index (κ3) is 7.19. The number of anilines is 1. The zero-order valence-corrected chi connectivity index (χ0v) is 17.0. The Kier molecular flexibility index (Phi) is 8.77. The van der Waals surface area contributed by atoms with Crippen LogP contribution in [-0.4, -0.2) is 64.7 Å². The third-order valence-corrected chi connectivity index (χ3v) is 4.14. The molecule has 1 aromatic rings. The van der Waals surface area contributed by atoms with Crippen molar-refractivity contribution in [2.45, 2.75) is 38.0 Å². The topological polar surface area (TPSA) is 181 Å². The van der Waals surface area contributed by atoms with E-state index in [9.17, 15) is 32.7 Å². The molecular formula is C17H18F3N7O6. The summed E-state index contributed by atoms with van der Waals surface area (Å²) < 4.78 is 48.6. The fourth-order valence-corrected chi connectivity index (χ4v) is 2.76. The summed E-state index contributed by atoms with van der Waals surface area (Å²) in [6.07, 6.45) is -6.40. The lowest BCUT2D eigenvalue weighted by Crippen LogP contribution is -2.36. The van der Waals surface area contributed by atoms with Crippen LogP contribution in [0.3, 0.4) is 0 Å². The second-order valence-electron chi connectivity index (χ2n) is 6.47. The minimum Gasteiger partial charge on any atom is -0.394 e. The molecule has 3 atom stereocenters. The number of aromatic nitrogens is 2. The number of halogens is 3. The van der Waals surface area contributed by atoms with E-state index in [4.69, 9.17) is 15.0 Å². The molecule has 0 aliphatic carbocycles. The van der Waals surface area contributed by atoms with Gasteiger partial charge in [-0.05, 0) is 5.53 Å². The van der Waals surface area contributed by atoms with E-state index in [2.05, 4.69) is 32.2 Å². The van der Waals surface area contributed by atoms with Crippen molar-refractivity contribution in [3.63, 3.8) is 0 Å². The second-order valence-corrected chi connectivity index (χ2v) is 6.47. The van der Waals surface area contributed by atoms with Gasteiger partial charge in [0, 0.05) is 24.5 Å². The van der Waals surface area contributed by atoms with Gasteiger partial charge in [0.05, 0.1) is 24.8 Å². The van der Waals surface area contributed by atoms with E-state index in [1.807, 2.05) is 0 Å². The highest BCUT2D eigenvalue weighted by Crippen LogP contribution is 2.30. The van der Waals surface area contributed by atoms with Gasteiger partial charge in [-0.3, -0.25) is 14.2 Å². The largest absolute Gasteiger partial charge is 0.471 e. The summed E-state index contributed by atoms with van der Waals surface area (Å²) >= 11 is 0. The molecule has 1 saturated heterocycles. The summed E-state index contributed by atoms with van der Waals surface area (Å²) in [5.74, 6) is 1.70. The average Bonchev–Trinajstić information content (AvgIpc) is 3.14. The first-order valence-corrected chi connectivity index (χ1v) is 9.20. The Balaban J connectivity index is 2.29. The van der Waals surface area contributed by atoms with Gasteiger partial charge in [0.1, 0.15) is 19.1 Å². The van der Waals surface area contributed by atoms with Crippen molar-refractivity contribution in [2.24, 2.45) is 5.11 Å². The first kappa shape index (κ1) is 25.6. The maximum atomic E-state index is 12.5. The molecule has 2 heterocycles. The number of alkyl halides is 3. The average molecular weight is 473 g/mol. The van der Waals surface area contributed by atoms with Gasteiger partial charge in [-0.25, -0.2) is 4.79 Å². The zero-order chi connectivity index (χ0) is 24.6. The minimum absolute atomic E-state index is 0.0475. The van der Waals surface area contributed by atoms with E-state index >= 15 is 0 Å². The second kappa shape index (κ2) is 11.3. The van der Waals surface area contributed by atoms with Crippen LogP contribution in [0.2, 0.25) is 0 Å². The van der Waals surface area contributed by atoms with Crippen LogP contribution in [0.1, 0.15) is 25.1 Å². The highest BCUT2D eigenvalue weighted by molar-refractivity contribution is 5.88. The van der Waals surface area contributed by atoms with Crippen LogP contribution in [0.5, 0.6) is 0 Å². The van der Waals surface area contributed by atoms with Crippen LogP contribution in [0, 0.1) is 11.8 Å². The maximum Gasteiger partial charge on any atom is 0.471 e. The molecule has 0 saturated carbocycles. The zero-order valence-electron chi connectivity index (χ0n) is 17.0. The van der Waals surface area contributed by atoms with Gasteiger partial charge in [0.15, 0.2) is 5.82 Å². The Labute approximate surface area is 183 Å². The van der Waals surface area contributed by atoms with Crippen LogP contribution in [0.25, 0.3) is 10.4 Å². The lowest BCUT2D eigenvalue weighted by atomic mass is 10.2. The molecule has 0 bridgehead atoms. The van der Waals surface area contributed by atoms with Gasteiger partial charge in [-0.15, -0.1) is 0 Å². The van der Waals surface area contributed by atoms with Gasteiger partial charge in [0.25, 0.3) is 0 Å². The number of rotatable bonds is 7. The number of carbonyl (C=O) groups excluding carboxylic acids is 2. The Morgan fingerprint density at radius 2 is 2.24 bits per heavy atom. The van der Waals surface area contributed by atoms with Gasteiger partial charge in [0.2, 0.25) is 5.91 Å². The molecule has 1 aromatic heterocycles. The number of hydrogen-bond donors (Lipinski definition) is 3. The van der Waals surface area contributed by atoms with Crippen molar-refractivity contribution in [3.8, 4) is 11.8 Å². The van der Waals surface area contributed by atoms with Gasteiger partial charge in [-0.2, -0.15) is 18.2 Å². The molecule has 33 heavy (non-hydrogen) atoms. The van der Waals surface area contributed by atoms with Crippen LogP contribution in [0.4, 0.5) is 19.0 Å². The lowest BCUT2D eigenvalue weighted by Gasteiger charge is -2.16. The number of hydrogen-bond acceptors (Lipinski definition) is 8. The predicted molar refractivity (Wildman–Crippen MR) is 103 cm³/mol. The standard InChI is InChI=1S/C17H18F3N7O6/c1-9(29)24-14-10(3-2-4-22-15(30)17(18,19)20)6-27(16(31)25-14)13-5-11(12(7-28)33-13)32-8-23-26-21/h6,11-13,28H,4-5,7-8H2,1H3,(H,22,30)(H,24,25,29,31). The van der Waals surface area contributed by atoms with E-state index in [-0.39, 0.29) is 24.5 Å². The van der Waals surface area contributed by atoms with Crippen LogP contribution < -0.4 is 16.3 Å². The molecule has 1 aliphatic rings. The Morgan fingerprint density at radius 3 is 2.85 bits per heavy atom. The molecule has 1 fully saturated rings. The van der Waals surface area contributed by atoms with Crippen LogP contribution in [-0.2, 0) is 19.1 Å². The summed E-state index contributed by atoms with van der Waals surface area (Å²) in [6.45, 7) is -0.317. The van der Waals surface area contributed by atoms with Gasteiger partial charge in [-0.1, -0.05) is 17.0 Å². The number of azide groups is 1. The van der Waals surface area contributed by atoms with E-state index in [1.54, 1.807) is 5.32 Å². The van der Waals surface area contributed by atoms with Crippen molar-refractivity contribution in [1.29, 1.82) is 0 Å². The number of nitrogens with zero attached hydrogens (tertiary/aromatic N) is 5. The molecular weight excluding hydrogens is 455 g/mol. The summed E-state index contributed by atoms with van der Waals surface area (Å²) in [5.41, 5.74) is 7.43. The molecule has 13 nitrogen and oxygen atoms in total. The summed E-state index contributed by atoms with van der Waals surface area (Å²) in [6, 6.07) is 0. The van der Waals surface area contributed by atoms with E-state index in [0.29, 0.717) is 0 Å². The highest BCUT2D eigenvalue weighted by Gasteiger charge is 2.38. The van der Waals surface area contributed by atoms with Crippen molar-refractivity contribution >= 4 is 17.6 Å². The van der Waals surface area contributed by atoms with Gasteiger partial charge >= 0.3 is 17.8 Å². The van der Waals surface area contributed by atoms with Crippen LogP contribution >= 0.6 is 0 Å². The van der Waals surface area contributed by atoms with Crippen molar-refractivity contribution < 1.29 is 37.3 Å². The molecule has 16 heteroatoms.